The lowest BCUT2D eigenvalue weighted by atomic mass is 10.0. The van der Waals surface area contributed by atoms with Crippen molar-refractivity contribution in [3.63, 3.8) is 0 Å². The smallest absolute Gasteiger partial charge is 0.419 e. The number of rotatable bonds is 10. The number of benzene rings is 1. The Morgan fingerprint density at radius 1 is 1.26 bits per heavy atom. The number of alkyl halides is 3. The van der Waals surface area contributed by atoms with Crippen molar-refractivity contribution < 1.29 is 22.6 Å². The Balaban J connectivity index is 2.28. The number of hydrogen-bond donors (Lipinski definition) is 2. The molecular formula is C18H25F3N4O2. The van der Waals surface area contributed by atoms with Gasteiger partial charge in [-0.15, -0.1) is 0 Å². The molecule has 6 nitrogen and oxygen atoms in total. The highest BCUT2D eigenvalue weighted by molar-refractivity contribution is 5.67. The van der Waals surface area contributed by atoms with Crippen LogP contribution in [0.4, 0.5) is 13.2 Å². The number of methoxy groups -OCH3 is 1. The number of likely N-dealkylation sites (N-methyl/N-ethyl adjacent to an activating group) is 2. The van der Waals surface area contributed by atoms with Gasteiger partial charge in [-0.3, -0.25) is 10.00 Å². The molecule has 0 atom stereocenters. The summed E-state index contributed by atoms with van der Waals surface area (Å²) in [5.41, 5.74) is 0.953. The molecule has 1 aromatic heterocycles. The van der Waals surface area contributed by atoms with Crippen LogP contribution in [0.2, 0.25) is 0 Å². The molecule has 0 aliphatic carbocycles. The van der Waals surface area contributed by atoms with Crippen LogP contribution < -0.4 is 10.1 Å². The summed E-state index contributed by atoms with van der Waals surface area (Å²) in [5, 5.41) is 10.0. The summed E-state index contributed by atoms with van der Waals surface area (Å²) in [6.07, 6.45) is -2.91. The number of nitrogens with one attached hydrogen (secondary N) is 2. The third-order valence-electron chi connectivity index (χ3n) is 4.02. The van der Waals surface area contributed by atoms with E-state index >= 15 is 0 Å². The van der Waals surface area contributed by atoms with Crippen LogP contribution in [0.1, 0.15) is 11.3 Å². The molecule has 2 aromatic rings. The number of aromatic nitrogens is 2. The molecule has 0 unspecified atom stereocenters. The van der Waals surface area contributed by atoms with Gasteiger partial charge < -0.3 is 14.8 Å². The molecule has 0 fully saturated rings. The van der Waals surface area contributed by atoms with Crippen molar-refractivity contribution in [2.24, 2.45) is 0 Å². The monoisotopic (exact) mass is 386 g/mol. The lowest BCUT2D eigenvalue weighted by Crippen LogP contribution is -2.27. The van der Waals surface area contributed by atoms with Gasteiger partial charge in [-0.05, 0) is 31.8 Å². The highest BCUT2D eigenvalue weighted by Gasteiger charge is 2.35. The van der Waals surface area contributed by atoms with Crippen molar-refractivity contribution in [3.05, 3.63) is 35.7 Å². The lowest BCUT2D eigenvalue weighted by Gasteiger charge is -2.17. The van der Waals surface area contributed by atoms with E-state index in [0.717, 1.165) is 19.2 Å². The minimum atomic E-state index is -4.52. The molecule has 0 spiro atoms. The molecule has 9 heteroatoms. The second-order valence-corrected chi connectivity index (χ2v) is 6.14. The van der Waals surface area contributed by atoms with Crippen LogP contribution in [-0.2, 0) is 17.5 Å². The Hall–Kier alpha value is -2.10. The molecule has 150 valence electrons. The third-order valence-corrected chi connectivity index (χ3v) is 4.02. The summed E-state index contributed by atoms with van der Waals surface area (Å²) < 4.78 is 50.5. The minimum Gasteiger partial charge on any atom is -0.491 e. The SMILES string of the molecule is CNCCN(C)Cc1n[nH]cc1-c1ccc(OCCOC)c(C(F)(F)F)c1. The van der Waals surface area contributed by atoms with Crippen molar-refractivity contribution in [3.8, 4) is 16.9 Å². The van der Waals surface area contributed by atoms with Crippen LogP contribution in [0.15, 0.2) is 24.4 Å². The van der Waals surface area contributed by atoms with Gasteiger partial charge in [-0.1, -0.05) is 6.07 Å². The van der Waals surface area contributed by atoms with Crippen molar-refractivity contribution >= 4 is 0 Å². The molecule has 0 amide bonds. The first-order valence-electron chi connectivity index (χ1n) is 8.56. The Bertz CT molecular complexity index is 719. The first-order valence-corrected chi connectivity index (χ1v) is 8.56. The molecule has 1 aromatic carbocycles. The predicted molar refractivity (Wildman–Crippen MR) is 96.7 cm³/mol. The number of halogens is 3. The normalized spacial score (nSPS) is 12.0. The predicted octanol–water partition coefficient (Wildman–Crippen LogP) is 2.77. The van der Waals surface area contributed by atoms with Gasteiger partial charge in [-0.25, -0.2) is 0 Å². The number of nitrogens with zero attached hydrogens (tertiary/aromatic N) is 2. The average Bonchev–Trinajstić information content (AvgIpc) is 3.07. The Kier molecular flexibility index (Phi) is 7.64. The molecule has 2 N–H and O–H groups in total. The molecule has 1 heterocycles. The second kappa shape index (κ2) is 9.72. The second-order valence-electron chi connectivity index (χ2n) is 6.14. The first-order chi connectivity index (χ1) is 12.9. The number of aromatic amines is 1. The summed E-state index contributed by atoms with van der Waals surface area (Å²) in [5.74, 6) is -0.209. The van der Waals surface area contributed by atoms with Crippen molar-refractivity contribution in [2.45, 2.75) is 12.7 Å². The fourth-order valence-corrected chi connectivity index (χ4v) is 2.61. The average molecular weight is 386 g/mol. The van der Waals surface area contributed by atoms with E-state index < -0.39 is 11.7 Å². The van der Waals surface area contributed by atoms with E-state index in [1.54, 1.807) is 12.3 Å². The lowest BCUT2D eigenvalue weighted by molar-refractivity contribution is -0.139. The zero-order chi connectivity index (χ0) is 19.9. The molecule has 0 saturated heterocycles. The van der Waals surface area contributed by atoms with Gasteiger partial charge in [0.1, 0.15) is 12.4 Å². The standard InChI is InChI=1S/C18H25F3N4O2/c1-22-6-7-25(2)12-16-14(11-23-24-16)13-4-5-17(27-9-8-26-3)15(10-13)18(19,20)21/h4-5,10-11,22H,6-9,12H2,1-3H3,(H,23,24). The van der Waals surface area contributed by atoms with Gasteiger partial charge in [0, 0.05) is 38.5 Å². The highest BCUT2D eigenvalue weighted by atomic mass is 19.4. The van der Waals surface area contributed by atoms with Crippen molar-refractivity contribution in [2.75, 3.05) is 47.5 Å². The summed E-state index contributed by atoms with van der Waals surface area (Å²) in [4.78, 5) is 2.04. The van der Waals surface area contributed by atoms with Gasteiger partial charge in [-0.2, -0.15) is 18.3 Å². The van der Waals surface area contributed by atoms with Gasteiger partial charge in [0.15, 0.2) is 0 Å². The van der Waals surface area contributed by atoms with Crippen molar-refractivity contribution in [1.82, 2.24) is 20.4 Å². The van der Waals surface area contributed by atoms with Crippen LogP contribution in [0.25, 0.3) is 11.1 Å². The zero-order valence-corrected chi connectivity index (χ0v) is 15.7. The van der Waals surface area contributed by atoms with Crippen LogP contribution in [0.3, 0.4) is 0 Å². The van der Waals surface area contributed by atoms with Crippen LogP contribution in [-0.4, -0.2) is 62.6 Å². The van der Waals surface area contributed by atoms with E-state index in [1.807, 2.05) is 19.0 Å². The van der Waals surface area contributed by atoms with E-state index in [2.05, 4.69) is 15.5 Å². The maximum Gasteiger partial charge on any atom is 0.419 e. The quantitative estimate of drug-likeness (QED) is 0.615. The number of ether oxygens (including phenoxy) is 2. The molecule has 2 rings (SSSR count). The molecule has 27 heavy (non-hydrogen) atoms. The number of H-pyrrole nitrogens is 1. The van der Waals surface area contributed by atoms with E-state index in [-0.39, 0.29) is 19.0 Å². The van der Waals surface area contributed by atoms with Gasteiger partial charge in [0.2, 0.25) is 0 Å². The number of hydrogen-bond acceptors (Lipinski definition) is 5. The summed E-state index contributed by atoms with van der Waals surface area (Å²) in [7, 11) is 5.26. The first kappa shape index (κ1) is 21.2. The van der Waals surface area contributed by atoms with Gasteiger partial charge in [0.25, 0.3) is 0 Å². The molecule has 0 aliphatic heterocycles. The maximum atomic E-state index is 13.5. The van der Waals surface area contributed by atoms with Crippen molar-refractivity contribution in [1.29, 1.82) is 0 Å². The summed E-state index contributed by atoms with van der Waals surface area (Å²) in [6, 6.07) is 4.05. The minimum absolute atomic E-state index is 0.0478. The van der Waals surface area contributed by atoms with E-state index in [0.29, 0.717) is 23.4 Å². The van der Waals surface area contributed by atoms with Crippen LogP contribution in [0, 0.1) is 0 Å². The largest absolute Gasteiger partial charge is 0.491 e. The third kappa shape index (κ3) is 5.95. The molecule has 0 aliphatic rings. The molecule has 0 radical (unpaired) electrons. The molecular weight excluding hydrogens is 361 g/mol. The van der Waals surface area contributed by atoms with E-state index in [4.69, 9.17) is 9.47 Å². The van der Waals surface area contributed by atoms with Gasteiger partial charge in [0.05, 0.1) is 17.9 Å². The fraction of sp³-hybridized carbons (Fsp3) is 0.500. The highest BCUT2D eigenvalue weighted by Crippen LogP contribution is 2.39. The zero-order valence-electron chi connectivity index (χ0n) is 15.7. The fourth-order valence-electron chi connectivity index (χ4n) is 2.61. The Morgan fingerprint density at radius 2 is 2.04 bits per heavy atom. The Labute approximate surface area is 156 Å². The summed E-state index contributed by atoms with van der Waals surface area (Å²) >= 11 is 0. The van der Waals surface area contributed by atoms with Gasteiger partial charge >= 0.3 is 6.18 Å². The van der Waals surface area contributed by atoms with E-state index in [1.165, 1.54) is 13.2 Å². The van der Waals surface area contributed by atoms with Crippen LogP contribution in [0.5, 0.6) is 5.75 Å². The topological polar surface area (TPSA) is 62.4 Å². The molecule has 0 saturated carbocycles. The summed E-state index contributed by atoms with van der Waals surface area (Å²) in [6.45, 7) is 2.38. The van der Waals surface area contributed by atoms with E-state index in [9.17, 15) is 13.2 Å². The van der Waals surface area contributed by atoms with Crippen LogP contribution >= 0.6 is 0 Å². The Morgan fingerprint density at radius 3 is 2.70 bits per heavy atom. The molecule has 0 bridgehead atoms. The maximum absolute atomic E-state index is 13.5.